The highest BCUT2D eigenvalue weighted by Gasteiger charge is 2.12. The summed E-state index contributed by atoms with van der Waals surface area (Å²) in [5, 5.41) is 7.25. The van der Waals surface area contributed by atoms with Crippen LogP contribution in [0.15, 0.2) is 47.2 Å². The van der Waals surface area contributed by atoms with Crippen molar-refractivity contribution >= 4 is 34.6 Å². The number of amides is 1. The Kier molecular flexibility index (Phi) is 6.08. The molecule has 8 heteroatoms. The number of carbonyl (C=O) groups excluding carboxylic acids is 2. The molecular weight excluding hydrogens is 375 g/mol. The molecule has 0 fully saturated rings. The lowest BCUT2D eigenvalue weighted by molar-refractivity contribution is -0.147. The zero-order valence-electron chi connectivity index (χ0n) is 13.6. The van der Waals surface area contributed by atoms with Crippen molar-refractivity contribution in [3.05, 3.63) is 64.2 Å². The van der Waals surface area contributed by atoms with Crippen LogP contribution >= 0.6 is 22.7 Å². The maximum absolute atomic E-state index is 12.8. The van der Waals surface area contributed by atoms with Gasteiger partial charge in [-0.3, -0.25) is 9.59 Å². The van der Waals surface area contributed by atoms with E-state index in [2.05, 4.69) is 10.3 Å². The van der Waals surface area contributed by atoms with Crippen LogP contribution in [0, 0.1) is 5.82 Å². The highest BCUT2D eigenvalue weighted by Crippen LogP contribution is 2.27. The summed E-state index contributed by atoms with van der Waals surface area (Å²) in [6.45, 7) is -0.116. The third-order valence-corrected chi connectivity index (χ3v) is 5.31. The molecular formula is C18H15FN2O3S2. The Bertz CT molecular complexity index is 876. The van der Waals surface area contributed by atoms with E-state index in [1.165, 1.54) is 23.5 Å². The fraction of sp³-hybridized carbons (Fsp3) is 0.167. The van der Waals surface area contributed by atoms with E-state index >= 15 is 0 Å². The van der Waals surface area contributed by atoms with E-state index in [1.807, 2.05) is 22.9 Å². The lowest BCUT2D eigenvalue weighted by Crippen LogP contribution is -2.28. The van der Waals surface area contributed by atoms with Gasteiger partial charge in [-0.05, 0) is 29.1 Å². The van der Waals surface area contributed by atoms with Crippen LogP contribution in [0.25, 0.3) is 9.88 Å². The minimum absolute atomic E-state index is 0.0209. The van der Waals surface area contributed by atoms with Crippen molar-refractivity contribution in [3.8, 4) is 9.88 Å². The maximum atomic E-state index is 12.8. The van der Waals surface area contributed by atoms with Gasteiger partial charge in [0.15, 0.2) is 6.61 Å². The zero-order valence-corrected chi connectivity index (χ0v) is 15.2. The normalized spacial score (nSPS) is 10.5. The van der Waals surface area contributed by atoms with Gasteiger partial charge in [0.05, 0.1) is 17.0 Å². The number of hydrogen-bond donors (Lipinski definition) is 1. The monoisotopic (exact) mass is 390 g/mol. The molecule has 2 aromatic heterocycles. The summed E-state index contributed by atoms with van der Waals surface area (Å²) in [6.07, 6.45) is 0.0209. The van der Waals surface area contributed by atoms with Crippen molar-refractivity contribution < 1.29 is 18.7 Å². The molecule has 0 aliphatic heterocycles. The fourth-order valence-corrected chi connectivity index (χ4v) is 3.73. The van der Waals surface area contributed by atoms with Crippen molar-refractivity contribution in [1.82, 2.24) is 10.3 Å². The average molecular weight is 390 g/mol. The minimum atomic E-state index is -0.509. The Morgan fingerprint density at radius 3 is 2.69 bits per heavy atom. The highest BCUT2D eigenvalue weighted by molar-refractivity contribution is 7.20. The average Bonchev–Trinajstić information content (AvgIpc) is 3.31. The van der Waals surface area contributed by atoms with Crippen molar-refractivity contribution in [1.29, 1.82) is 0 Å². The molecule has 0 radical (unpaired) electrons. The van der Waals surface area contributed by atoms with Gasteiger partial charge in [-0.15, -0.1) is 22.7 Å². The van der Waals surface area contributed by atoms with Gasteiger partial charge in [0.25, 0.3) is 5.91 Å². The number of thiazole rings is 1. The van der Waals surface area contributed by atoms with E-state index in [-0.39, 0.29) is 25.4 Å². The fourth-order valence-electron chi connectivity index (χ4n) is 2.10. The van der Waals surface area contributed by atoms with Crippen LogP contribution in [0.3, 0.4) is 0 Å². The van der Waals surface area contributed by atoms with Crippen LogP contribution in [0.2, 0.25) is 0 Å². The Hall–Kier alpha value is -2.58. The van der Waals surface area contributed by atoms with Crippen LogP contribution in [-0.4, -0.2) is 23.5 Å². The van der Waals surface area contributed by atoms with E-state index in [4.69, 9.17) is 4.74 Å². The SMILES string of the molecule is O=C(COC(=O)Cc1csc(-c2cccs2)n1)NCc1ccc(F)cc1. The van der Waals surface area contributed by atoms with E-state index in [9.17, 15) is 14.0 Å². The van der Waals surface area contributed by atoms with Gasteiger partial charge in [-0.2, -0.15) is 0 Å². The number of rotatable bonds is 7. The Balaban J connectivity index is 1.41. The topological polar surface area (TPSA) is 68.3 Å². The lowest BCUT2D eigenvalue weighted by atomic mass is 10.2. The summed E-state index contributed by atoms with van der Waals surface area (Å²) in [4.78, 5) is 29.0. The van der Waals surface area contributed by atoms with Gasteiger partial charge in [0, 0.05) is 11.9 Å². The number of aromatic nitrogens is 1. The minimum Gasteiger partial charge on any atom is -0.455 e. The quantitative estimate of drug-likeness (QED) is 0.628. The number of ether oxygens (including phenoxy) is 1. The smallest absolute Gasteiger partial charge is 0.312 e. The number of thiophene rings is 1. The summed E-state index contributed by atoms with van der Waals surface area (Å²) in [7, 11) is 0. The van der Waals surface area contributed by atoms with Crippen LogP contribution in [0.5, 0.6) is 0 Å². The zero-order chi connectivity index (χ0) is 18.4. The predicted octanol–water partition coefficient (Wildman–Crippen LogP) is 3.41. The van der Waals surface area contributed by atoms with Gasteiger partial charge in [0.2, 0.25) is 0 Å². The summed E-state index contributed by atoms with van der Waals surface area (Å²) in [5.41, 5.74) is 1.38. The molecule has 0 saturated carbocycles. The van der Waals surface area contributed by atoms with Crippen molar-refractivity contribution in [2.24, 2.45) is 0 Å². The van der Waals surface area contributed by atoms with Crippen molar-refractivity contribution in [2.45, 2.75) is 13.0 Å². The molecule has 0 aliphatic carbocycles. The van der Waals surface area contributed by atoms with E-state index in [0.717, 1.165) is 15.4 Å². The van der Waals surface area contributed by atoms with Gasteiger partial charge in [0.1, 0.15) is 10.8 Å². The second-order valence-electron chi connectivity index (χ2n) is 5.36. The molecule has 26 heavy (non-hydrogen) atoms. The largest absolute Gasteiger partial charge is 0.455 e. The summed E-state index contributed by atoms with van der Waals surface area (Å²) >= 11 is 3.05. The molecule has 5 nitrogen and oxygen atoms in total. The van der Waals surface area contributed by atoms with E-state index in [1.54, 1.807) is 23.5 Å². The molecule has 1 N–H and O–H groups in total. The second-order valence-corrected chi connectivity index (χ2v) is 7.17. The van der Waals surface area contributed by atoms with E-state index in [0.29, 0.717) is 5.69 Å². The molecule has 1 aromatic carbocycles. The Morgan fingerprint density at radius 2 is 1.96 bits per heavy atom. The first-order valence-electron chi connectivity index (χ1n) is 7.75. The van der Waals surface area contributed by atoms with Gasteiger partial charge < -0.3 is 10.1 Å². The van der Waals surface area contributed by atoms with Gasteiger partial charge in [-0.25, -0.2) is 9.37 Å². The molecule has 0 atom stereocenters. The molecule has 3 aromatic rings. The molecule has 0 unspecified atom stereocenters. The summed E-state index contributed by atoms with van der Waals surface area (Å²) in [5.74, 6) is -1.26. The third-order valence-electron chi connectivity index (χ3n) is 3.38. The van der Waals surface area contributed by atoms with Crippen molar-refractivity contribution in [2.75, 3.05) is 6.61 Å². The number of carbonyl (C=O) groups is 2. The second kappa shape index (κ2) is 8.68. The highest BCUT2D eigenvalue weighted by atomic mass is 32.1. The number of benzene rings is 1. The standard InChI is InChI=1S/C18H15FN2O3S2/c19-13-5-3-12(4-6-13)9-20-16(22)10-24-17(23)8-14-11-26-18(21-14)15-2-1-7-25-15/h1-7,11H,8-10H2,(H,20,22). The lowest BCUT2D eigenvalue weighted by Gasteiger charge is -2.06. The molecule has 0 saturated heterocycles. The van der Waals surface area contributed by atoms with Gasteiger partial charge >= 0.3 is 5.97 Å². The van der Waals surface area contributed by atoms with E-state index < -0.39 is 11.9 Å². The number of hydrogen-bond acceptors (Lipinski definition) is 6. The molecule has 0 bridgehead atoms. The maximum Gasteiger partial charge on any atom is 0.312 e. The number of halogens is 1. The van der Waals surface area contributed by atoms with Crippen molar-refractivity contribution in [3.63, 3.8) is 0 Å². The molecule has 0 spiro atoms. The third kappa shape index (κ3) is 5.21. The number of nitrogens with one attached hydrogen (secondary N) is 1. The Morgan fingerprint density at radius 1 is 1.15 bits per heavy atom. The number of esters is 1. The molecule has 134 valence electrons. The summed E-state index contributed by atoms with van der Waals surface area (Å²) < 4.78 is 17.8. The first kappa shape index (κ1) is 18.2. The van der Waals surface area contributed by atoms with Crippen LogP contribution in [-0.2, 0) is 27.3 Å². The molecule has 1 amide bonds. The first-order valence-corrected chi connectivity index (χ1v) is 9.51. The summed E-state index contributed by atoms with van der Waals surface area (Å²) in [6, 6.07) is 9.71. The van der Waals surface area contributed by atoms with Crippen LogP contribution in [0.4, 0.5) is 4.39 Å². The number of nitrogens with zero attached hydrogens (tertiary/aromatic N) is 1. The van der Waals surface area contributed by atoms with Crippen LogP contribution in [0.1, 0.15) is 11.3 Å². The van der Waals surface area contributed by atoms with Crippen LogP contribution < -0.4 is 5.32 Å². The van der Waals surface area contributed by atoms with Gasteiger partial charge in [-0.1, -0.05) is 18.2 Å². The predicted molar refractivity (Wildman–Crippen MR) is 98.3 cm³/mol. The molecule has 2 heterocycles. The Labute approximate surface area is 157 Å². The molecule has 3 rings (SSSR count). The first-order chi connectivity index (χ1) is 12.6. The molecule has 0 aliphatic rings.